The van der Waals surface area contributed by atoms with Crippen molar-refractivity contribution in [3.05, 3.63) is 42.1 Å². The standard InChI is InChI=1S/C19H22N6O3/c1-24-12-13(11-21-24)17-22-16(23-28-17)15-8-4-3-5-10-25(15)19(26)14-7-6-9-20-18(14)27-2/h6-7,9,11-12,15H,3-5,8,10H2,1-2H3/t15-/m0/s1. The Balaban J connectivity index is 1.66. The number of pyridine rings is 1. The van der Waals surface area contributed by atoms with E-state index in [2.05, 4.69) is 20.2 Å². The fourth-order valence-corrected chi connectivity index (χ4v) is 3.51. The van der Waals surface area contributed by atoms with Crippen LogP contribution in [0.2, 0.25) is 0 Å². The molecule has 0 radical (unpaired) electrons. The van der Waals surface area contributed by atoms with Gasteiger partial charge < -0.3 is 14.2 Å². The van der Waals surface area contributed by atoms with Gasteiger partial charge in [-0.15, -0.1) is 0 Å². The van der Waals surface area contributed by atoms with Crippen molar-refractivity contribution in [2.24, 2.45) is 7.05 Å². The van der Waals surface area contributed by atoms with Crippen LogP contribution in [-0.4, -0.2) is 49.4 Å². The molecule has 3 aromatic rings. The summed E-state index contributed by atoms with van der Waals surface area (Å²) < 4.78 is 12.4. The number of ether oxygens (including phenoxy) is 1. The van der Waals surface area contributed by atoms with Crippen molar-refractivity contribution in [2.45, 2.75) is 31.7 Å². The van der Waals surface area contributed by atoms with Gasteiger partial charge in [-0.1, -0.05) is 18.0 Å². The summed E-state index contributed by atoms with van der Waals surface area (Å²) in [6.45, 7) is 0.623. The average molecular weight is 382 g/mol. The van der Waals surface area contributed by atoms with E-state index in [1.807, 2.05) is 18.1 Å². The topological polar surface area (TPSA) is 99.2 Å². The largest absolute Gasteiger partial charge is 0.480 e. The lowest BCUT2D eigenvalue weighted by Crippen LogP contribution is -2.35. The fourth-order valence-electron chi connectivity index (χ4n) is 3.51. The number of carbonyl (C=O) groups excluding carboxylic acids is 1. The first-order valence-corrected chi connectivity index (χ1v) is 9.30. The molecule has 4 heterocycles. The maximum atomic E-state index is 13.3. The second-order valence-electron chi connectivity index (χ2n) is 6.78. The van der Waals surface area contributed by atoms with E-state index in [9.17, 15) is 4.79 Å². The van der Waals surface area contributed by atoms with Crippen LogP contribution in [0, 0.1) is 0 Å². The molecule has 0 bridgehead atoms. The lowest BCUT2D eigenvalue weighted by molar-refractivity contribution is 0.0666. The zero-order valence-corrected chi connectivity index (χ0v) is 15.9. The second kappa shape index (κ2) is 7.79. The highest BCUT2D eigenvalue weighted by molar-refractivity contribution is 5.96. The van der Waals surface area contributed by atoms with Gasteiger partial charge in [0.05, 0.1) is 24.9 Å². The van der Waals surface area contributed by atoms with E-state index >= 15 is 0 Å². The van der Waals surface area contributed by atoms with Crippen molar-refractivity contribution in [2.75, 3.05) is 13.7 Å². The summed E-state index contributed by atoms with van der Waals surface area (Å²) in [5.41, 5.74) is 1.19. The first-order chi connectivity index (χ1) is 13.7. The van der Waals surface area contributed by atoms with Crippen LogP contribution in [0.25, 0.3) is 11.5 Å². The van der Waals surface area contributed by atoms with Crippen molar-refractivity contribution in [3.8, 4) is 17.3 Å². The minimum atomic E-state index is -0.255. The molecule has 146 valence electrons. The van der Waals surface area contributed by atoms with Crippen LogP contribution in [0.3, 0.4) is 0 Å². The first kappa shape index (κ1) is 18.1. The molecule has 0 unspecified atom stereocenters. The van der Waals surface area contributed by atoms with E-state index < -0.39 is 0 Å². The highest BCUT2D eigenvalue weighted by Gasteiger charge is 2.32. The molecule has 28 heavy (non-hydrogen) atoms. The van der Waals surface area contributed by atoms with Gasteiger partial charge in [-0.3, -0.25) is 9.48 Å². The molecule has 1 atom stereocenters. The summed E-state index contributed by atoms with van der Waals surface area (Å²) in [6.07, 6.45) is 8.85. The van der Waals surface area contributed by atoms with Gasteiger partial charge >= 0.3 is 0 Å². The molecule has 1 amide bonds. The van der Waals surface area contributed by atoms with E-state index in [0.29, 0.717) is 29.7 Å². The number of methoxy groups -OCH3 is 1. The Bertz CT molecular complexity index is 966. The van der Waals surface area contributed by atoms with Gasteiger partial charge in [0.15, 0.2) is 5.82 Å². The smallest absolute Gasteiger partial charge is 0.261 e. The number of nitrogens with zero attached hydrogens (tertiary/aromatic N) is 6. The van der Waals surface area contributed by atoms with Gasteiger partial charge in [-0.05, 0) is 25.0 Å². The Hall–Kier alpha value is -3.23. The molecule has 0 aromatic carbocycles. The lowest BCUT2D eigenvalue weighted by Gasteiger charge is -2.28. The first-order valence-electron chi connectivity index (χ1n) is 9.30. The fraction of sp³-hybridized carbons (Fsp3) is 0.421. The summed E-state index contributed by atoms with van der Waals surface area (Å²) >= 11 is 0. The maximum Gasteiger partial charge on any atom is 0.261 e. The molecule has 9 heteroatoms. The number of aromatic nitrogens is 5. The number of rotatable bonds is 4. The van der Waals surface area contributed by atoms with Gasteiger partial charge in [0.25, 0.3) is 11.8 Å². The van der Waals surface area contributed by atoms with Crippen LogP contribution in [0.5, 0.6) is 5.88 Å². The predicted octanol–water partition coefficient (Wildman–Crippen LogP) is 2.63. The molecule has 1 aliphatic rings. The SMILES string of the molecule is COc1ncccc1C(=O)N1CCCCC[C@H]1c1noc(-c2cnn(C)c2)n1. The molecular weight excluding hydrogens is 360 g/mol. The summed E-state index contributed by atoms with van der Waals surface area (Å²) in [4.78, 5) is 23.8. The van der Waals surface area contributed by atoms with E-state index in [1.165, 1.54) is 7.11 Å². The number of likely N-dealkylation sites (tertiary alicyclic amines) is 1. The molecule has 1 saturated heterocycles. The van der Waals surface area contributed by atoms with E-state index in [0.717, 1.165) is 31.2 Å². The van der Waals surface area contributed by atoms with Crippen LogP contribution >= 0.6 is 0 Å². The highest BCUT2D eigenvalue weighted by Crippen LogP contribution is 2.32. The molecule has 9 nitrogen and oxygen atoms in total. The minimum Gasteiger partial charge on any atom is -0.480 e. The van der Waals surface area contributed by atoms with Crippen molar-refractivity contribution >= 4 is 5.91 Å². The molecule has 0 aliphatic carbocycles. The minimum absolute atomic E-state index is 0.135. The second-order valence-corrected chi connectivity index (χ2v) is 6.78. The zero-order valence-electron chi connectivity index (χ0n) is 15.9. The van der Waals surface area contributed by atoms with Crippen molar-refractivity contribution < 1.29 is 14.1 Å². The van der Waals surface area contributed by atoms with Gasteiger partial charge in [-0.25, -0.2) is 4.98 Å². The molecule has 0 spiro atoms. The molecule has 3 aromatic heterocycles. The Labute approximate surface area is 162 Å². The van der Waals surface area contributed by atoms with Crippen molar-refractivity contribution in [1.29, 1.82) is 0 Å². The van der Waals surface area contributed by atoms with Crippen LogP contribution in [0.15, 0.2) is 35.2 Å². The normalized spacial score (nSPS) is 17.4. The number of aryl methyl sites for hydroxylation is 1. The monoisotopic (exact) mass is 382 g/mol. The summed E-state index contributed by atoms with van der Waals surface area (Å²) in [7, 11) is 3.34. The molecule has 4 rings (SSSR count). The van der Waals surface area contributed by atoms with E-state index in [1.54, 1.807) is 29.2 Å². The van der Waals surface area contributed by atoms with E-state index in [-0.39, 0.29) is 11.9 Å². The number of carbonyl (C=O) groups is 1. The predicted molar refractivity (Wildman–Crippen MR) is 99.5 cm³/mol. The number of hydrogen-bond acceptors (Lipinski definition) is 7. The van der Waals surface area contributed by atoms with Crippen molar-refractivity contribution in [3.63, 3.8) is 0 Å². The van der Waals surface area contributed by atoms with Crippen LogP contribution < -0.4 is 4.74 Å². The molecule has 1 fully saturated rings. The highest BCUT2D eigenvalue weighted by atomic mass is 16.5. The summed E-state index contributed by atoms with van der Waals surface area (Å²) in [5, 5.41) is 8.31. The summed E-state index contributed by atoms with van der Waals surface area (Å²) in [6, 6.07) is 3.21. The van der Waals surface area contributed by atoms with Crippen molar-refractivity contribution in [1.82, 2.24) is 29.8 Å². The summed E-state index contributed by atoms with van der Waals surface area (Å²) in [5.74, 6) is 1.10. The third kappa shape index (κ3) is 3.47. The van der Waals surface area contributed by atoms with E-state index in [4.69, 9.17) is 9.26 Å². The Kier molecular flexibility index (Phi) is 5.05. The third-order valence-corrected chi connectivity index (χ3v) is 4.90. The van der Waals surface area contributed by atoms with Crippen LogP contribution in [0.4, 0.5) is 0 Å². The van der Waals surface area contributed by atoms with Gasteiger partial charge in [0.1, 0.15) is 5.56 Å². The number of hydrogen-bond donors (Lipinski definition) is 0. The third-order valence-electron chi connectivity index (χ3n) is 4.90. The van der Waals surface area contributed by atoms with Gasteiger partial charge in [0.2, 0.25) is 5.88 Å². The Morgan fingerprint density at radius 1 is 1.32 bits per heavy atom. The maximum absolute atomic E-state index is 13.3. The van der Waals surface area contributed by atoms with Crippen LogP contribution in [-0.2, 0) is 7.05 Å². The Morgan fingerprint density at radius 2 is 2.21 bits per heavy atom. The molecule has 0 N–H and O–H groups in total. The molecule has 1 aliphatic heterocycles. The van der Waals surface area contributed by atoms with Gasteiger partial charge in [-0.2, -0.15) is 10.1 Å². The molecular formula is C19H22N6O3. The van der Waals surface area contributed by atoms with Gasteiger partial charge in [0, 0.05) is 26.0 Å². The lowest BCUT2D eigenvalue weighted by atomic mass is 10.1. The number of amides is 1. The quantitative estimate of drug-likeness (QED) is 0.684. The Morgan fingerprint density at radius 3 is 3.00 bits per heavy atom. The zero-order chi connectivity index (χ0) is 19.5. The van der Waals surface area contributed by atoms with Crippen LogP contribution in [0.1, 0.15) is 47.9 Å². The molecule has 0 saturated carbocycles. The average Bonchev–Trinajstić information content (AvgIpc) is 3.30.